The number of carboxylic acid groups (broad SMARTS) is 1. The first kappa shape index (κ1) is 30.0. The van der Waals surface area contributed by atoms with Crippen molar-refractivity contribution < 1.29 is 19.7 Å². The molecule has 43 heavy (non-hydrogen) atoms. The lowest BCUT2D eigenvalue weighted by atomic mass is 9.59. The van der Waals surface area contributed by atoms with E-state index >= 15 is 0 Å². The number of aliphatic carboxylic acids is 1. The van der Waals surface area contributed by atoms with E-state index in [0.717, 1.165) is 67.6 Å². The number of anilines is 1. The third-order valence-corrected chi connectivity index (χ3v) is 10.8. The van der Waals surface area contributed by atoms with Crippen molar-refractivity contribution in [3.63, 3.8) is 0 Å². The van der Waals surface area contributed by atoms with Crippen LogP contribution in [0.1, 0.15) is 99.6 Å². The summed E-state index contributed by atoms with van der Waals surface area (Å²) >= 11 is 6.22. The van der Waals surface area contributed by atoms with Crippen LogP contribution >= 0.6 is 11.6 Å². The van der Waals surface area contributed by atoms with Gasteiger partial charge in [0.05, 0.1) is 18.4 Å². The molecule has 6 rings (SSSR count). The molecular weight excluding hydrogens is 560 g/mol. The first-order chi connectivity index (χ1) is 20.7. The Morgan fingerprint density at radius 1 is 1.12 bits per heavy atom. The van der Waals surface area contributed by atoms with Crippen LogP contribution in [0, 0.1) is 11.8 Å². The van der Waals surface area contributed by atoms with Gasteiger partial charge in [-0.3, -0.25) is 4.98 Å². The van der Waals surface area contributed by atoms with Gasteiger partial charge in [-0.05, 0) is 116 Å². The summed E-state index contributed by atoms with van der Waals surface area (Å²) in [6.07, 6.45) is 8.69. The topological polar surface area (TPSA) is 91.7 Å². The molecule has 1 heterocycles. The summed E-state index contributed by atoms with van der Waals surface area (Å²) in [4.78, 5) is 17.2. The molecule has 228 valence electrons. The smallest absolute Gasteiger partial charge is 0.329 e. The maximum Gasteiger partial charge on any atom is 0.329 e. The van der Waals surface area contributed by atoms with Crippen LogP contribution in [0.25, 0.3) is 0 Å². The molecule has 0 radical (unpaired) electrons. The van der Waals surface area contributed by atoms with Gasteiger partial charge in [0.1, 0.15) is 11.3 Å². The second-order valence-electron chi connectivity index (χ2n) is 13.2. The standard InChI is InChI=1S/C36H43ClN2O4/c1-3-24-11-12-30(40)33-32(24)31(13-18-38-33)43-22-23(2)19-26-20-25-7-4-5-10-29(25)35(26)14-16-36(17-15-35,34(41)42)39-28-9-6-8-27(37)21-28/h4-10,13,18,21,23-24,26,30,39-40H,3,11-12,14-17,19-20,22H2,1-2H3,(H,41,42)/t23-,24-,26+,30-,35?,36?/m1/s1. The number of rotatable bonds is 9. The molecule has 3 aromatic rings. The summed E-state index contributed by atoms with van der Waals surface area (Å²) in [5.41, 5.74) is 4.35. The van der Waals surface area contributed by atoms with Crippen LogP contribution in [0.4, 0.5) is 5.69 Å². The molecule has 7 heteroatoms. The third-order valence-electron chi connectivity index (χ3n) is 10.6. The van der Waals surface area contributed by atoms with E-state index < -0.39 is 17.6 Å². The lowest BCUT2D eigenvalue weighted by Crippen LogP contribution is -2.53. The van der Waals surface area contributed by atoms with Crippen molar-refractivity contribution in [1.29, 1.82) is 0 Å². The lowest BCUT2D eigenvalue weighted by Gasteiger charge is -2.47. The van der Waals surface area contributed by atoms with Crippen molar-refractivity contribution >= 4 is 23.3 Å². The summed E-state index contributed by atoms with van der Waals surface area (Å²) < 4.78 is 6.50. The molecule has 0 saturated heterocycles. The second kappa shape index (κ2) is 12.1. The SMILES string of the molecule is CC[C@@H]1CC[C@@H](O)c2nccc(OC[C@H](C)C[C@H]3Cc4ccccc4C34CCC(Nc3cccc(Cl)c3)(C(=O)O)CC4)c21. The molecule has 3 aliphatic rings. The van der Waals surface area contributed by atoms with Crippen molar-refractivity contribution in [3.8, 4) is 5.75 Å². The highest BCUT2D eigenvalue weighted by atomic mass is 35.5. The number of carboxylic acids is 1. The van der Waals surface area contributed by atoms with E-state index in [1.54, 1.807) is 18.3 Å². The van der Waals surface area contributed by atoms with Gasteiger partial charge in [0.15, 0.2) is 0 Å². The minimum atomic E-state index is -1.02. The first-order valence-corrected chi connectivity index (χ1v) is 16.3. The molecule has 1 aromatic heterocycles. The van der Waals surface area contributed by atoms with E-state index in [4.69, 9.17) is 16.3 Å². The zero-order valence-electron chi connectivity index (χ0n) is 25.2. The molecule has 4 atom stereocenters. The highest BCUT2D eigenvalue weighted by Crippen LogP contribution is 2.56. The van der Waals surface area contributed by atoms with Gasteiger partial charge in [-0.25, -0.2) is 4.79 Å². The molecule has 0 amide bonds. The van der Waals surface area contributed by atoms with E-state index in [1.807, 2.05) is 18.2 Å². The number of fused-ring (bicyclic) bond motifs is 3. The molecule has 0 bridgehead atoms. The monoisotopic (exact) mass is 602 g/mol. The number of hydrogen-bond acceptors (Lipinski definition) is 5. The number of aliphatic hydroxyl groups is 1. The van der Waals surface area contributed by atoms with Crippen molar-refractivity contribution in [3.05, 3.63) is 88.2 Å². The fraction of sp³-hybridized carbons (Fsp3) is 0.500. The lowest BCUT2D eigenvalue weighted by molar-refractivity contribution is -0.144. The summed E-state index contributed by atoms with van der Waals surface area (Å²) in [6.45, 7) is 5.05. The molecule has 1 saturated carbocycles. The van der Waals surface area contributed by atoms with Crippen molar-refractivity contribution in [1.82, 2.24) is 4.98 Å². The van der Waals surface area contributed by atoms with Crippen molar-refractivity contribution in [2.45, 2.75) is 94.6 Å². The highest BCUT2D eigenvalue weighted by molar-refractivity contribution is 6.30. The number of nitrogens with zero attached hydrogens (tertiary/aromatic N) is 1. The van der Waals surface area contributed by atoms with E-state index in [1.165, 1.54) is 11.1 Å². The predicted molar refractivity (Wildman–Crippen MR) is 170 cm³/mol. The van der Waals surface area contributed by atoms with Crippen LogP contribution in [-0.2, 0) is 16.6 Å². The van der Waals surface area contributed by atoms with Crippen LogP contribution in [0.5, 0.6) is 5.75 Å². The van der Waals surface area contributed by atoms with E-state index in [-0.39, 0.29) is 5.41 Å². The van der Waals surface area contributed by atoms with Gasteiger partial charge in [0, 0.05) is 22.5 Å². The zero-order valence-corrected chi connectivity index (χ0v) is 25.9. The van der Waals surface area contributed by atoms with Crippen LogP contribution in [0.2, 0.25) is 5.02 Å². The number of carbonyl (C=O) groups is 1. The summed E-state index contributed by atoms with van der Waals surface area (Å²) in [6, 6.07) is 18.1. The normalized spacial score (nSPS) is 28.6. The average Bonchev–Trinajstić information content (AvgIpc) is 3.29. The summed E-state index contributed by atoms with van der Waals surface area (Å²) in [5.74, 6) is 1.15. The Hall–Kier alpha value is -3.09. The van der Waals surface area contributed by atoms with Gasteiger partial charge in [-0.1, -0.05) is 55.8 Å². The van der Waals surface area contributed by atoms with E-state index in [0.29, 0.717) is 42.2 Å². The molecule has 2 aromatic carbocycles. The zero-order chi connectivity index (χ0) is 30.2. The predicted octanol–water partition coefficient (Wildman–Crippen LogP) is 8.08. The number of aromatic nitrogens is 1. The number of pyridine rings is 1. The Morgan fingerprint density at radius 3 is 2.65 bits per heavy atom. The Morgan fingerprint density at radius 2 is 1.91 bits per heavy atom. The molecule has 1 spiro atoms. The molecule has 1 fully saturated rings. The Kier molecular flexibility index (Phi) is 8.45. The molecule has 3 N–H and O–H groups in total. The fourth-order valence-electron chi connectivity index (χ4n) is 8.32. The molecule has 0 aliphatic heterocycles. The van der Waals surface area contributed by atoms with Gasteiger partial charge < -0.3 is 20.3 Å². The second-order valence-corrected chi connectivity index (χ2v) is 13.6. The average molecular weight is 603 g/mol. The molecule has 3 aliphatic carbocycles. The van der Waals surface area contributed by atoms with Gasteiger partial charge >= 0.3 is 5.97 Å². The van der Waals surface area contributed by atoms with Crippen molar-refractivity contribution in [2.75, 3.05) is 11.9 Å². The number of benzene rings is 2. The van der Waals surface area contributed by atoms with Crippen LogP contribution in [-0.4, -0.2) is 33.3 Å². The maximum atomic E-state index is 12.7. The van der Waals surface area contributed by atoms with Gasteiger partial charge in [-0.2, -0.15) is 0 Å². The number of halogens is 1. The Labute approximate surface area is 259 Å². The Bertz CT molecular complexity index is 1470. The first-order valence-electron chi connectivity index (χ1n) is 15.9. The fourth-order valence-corrected chi connectivity index (χ4v) is 8.51. The van der Waals surface area contributed by atoms with Gasteiger partial charge in [-0.15, -0.1) is 0 Å². The van der Waals surface area contributed by atoms with E-state index in [2.05, 4.69) is 48.4 Å². The summed E-state index contributed by atoms with van der Waals surface area (Å²) in [5, 5.41) is 25.0. The van der Waals surface area contributed by atoms with Gasteiger partial charge in [0.25, 0.3) is 0 Å². The van der Waals surface area contributed by atoms with Crippen LogP contribution in [0.15, 0.2) is 60.8 Å². The largest absolute Gasteiger partial charge is 0.493 e. The number of ether oxygens (including phenoxy) is 1. The molecule has 0 unspecified atom stereocenters. The number of aliphatic hydroxyl groups excluding tert-OH is 1. The number of hydrogen-bond donors (Lipinski definition) is 3. The van der Waals surface area contributed by atoms with Crippen LogP contribution < -0.4 is 10.1 Å². The molecular formula is C36H43ClN2O4. The molecule has 6 nitrogen and oxygen atoms in total. The Balaban J connectivity index is 1.19. The van der Waals surface area contributed by atoms with Crippen LogP contribution in [0.3, 0.4) is 0 Å². The maximum absolute atomic E-state index is 12.7. The minimum absolute atomic E-state index is 0.0485. The number of nitrogens with one attached hydrogen (secondary N) is 1. The summed E-state index contributed by atoms with van der Waals surface area (Å²) in [7, 11) is 0. The van der Waals surface area contributed by atoms with Gasteiger partial charge in [0.2, 0.25) is 0 Å². The minimum Gasteiger partial charge on any atom is -0.493 e. The quantitative estimate of drug-likeness (QED) is 0.229. The van der Waals surface area contributed by atoms with E-state index in [9.17, 15) is 15.0 Å². The third kappa shape index (κ3) is 5.64. The highest BCUT2D eigenvalue weighted by Gasteiger charge is 2.54. The van der Waals surface area contributed by atoms with Crippen molar-refractivity contribution in [2.24, 2.45) is 11.8 Å².